The molecule has 0 aromatic heterocycles. The van der Waals surface area contributed by atoms with E-state index in [2.05, 4.69) is 11.8 Å². The fraction of sp³-hybridized carbons (Fsp3) is 0.533. The van der Waals surface area contributed by atoms with Crippen LogP contribution in [0.3, 0.4) is 0 Å². The van der Waals surface area contributed by atoms with Gasteiger partial charge in [-0.1, -0.05) is 30.1 Å². The van der Waals surface area contributed by atoms with Crippen LogP contribution in [0.5, 0.6) is 0 Å². The summed E-state index contributed by atoms with van der Waals surface area (Å²) in [4.78, 5) is 16.5. The average Bonchev–Trinajstić information content (AvgIpc) is 3.22. The highest BCUT2D eigenvalue weighted by Crippen LogP contribution is 2.36. The molecule has 0 heterocycles. The minimum absolute atomic E-state index is 0.0281. The first-order valence-electron chi connectivity index (χ1n) is 6.90. The Balaban J connectivity index is 2.38. The summed E-state index contributed by atoms with van der Waals surface area (Å²) in [5, 5.41) is 0.985. The molecule has 1 unspecified atom stereocenters. The second-order valence-electron chi connectivity index (χ2n) is 5.43. The smallest absolute Gasteiger partial charge is 0.231 e. The van der Waals surface area contributed by atoms with E-state index >= 15 is 0 Å². The van der Waals surface area contributed by atoms with E-state index in [-0.39, 0.29) is 18.0 Å². The van der Waals surface area contributed by atoms with E-state index in [1.165, 1.54) is 0 Å². The first-order chi connectivity index (χ1) is 9.45. The van der Waals surface area contributed by atoms with E-state index < -0.39 is 0 Å². The van der Waals surface area contributed by atoms with Crippen molar-refractivity contribution in [2.24, 2.45) is 5.92 Å². The van der Waals surface area contributed by atoms with E-state index in [1.54, 1.807) is 12.1 Å². The predicted molar refractivity (Wildman–Crippen MR) is 84.4 cm³/mol. The Kier molecular flexibility index (Phi) is 4.95. The van der Waals surface area contributed by atoms with Crippen molar-refractivity contribution in [3.8, 4) is 0 Å². The zero-order valence-electron chi connectivity index (χ0n) is 12.1. The van der Waals surface area contributed by atoms with Crippen molar-refractivity contribution >= 4 is 34.8 Å². The van der Waals surface area contributed by atoms with Crippen molar-refractivity contribution < 1.29 is 4.79 Å². The van der Waals surface area contributed by atoms with Crippen LogP contribution in [0, 0.1) is 5.92 Å². The largest absolute Gasteiger partial charge is 0.296 e. The molecule has 0 bridgehead atoms. The zero-order valence-corrected chi connectivity index (χ0v) is 13.6. The lowest BCUT2D eigenvalue weighted by Gasteiger charge is -2.36. The number of amides is 1. The first kappa shape index (κ1) is 15.6. The number of halogens is 2. The summed E-state index contributed by atoms with van der Waals surface area (Å²) in [6.07, 6.45) is 2.85. The van der Waals surface area contributed by atoms with Gasteiger partial charge in [-0.2, -0.15) is 0 Å². The van der Waals surface area contributed by atoms with Crippen molar-refractivity contribution in [3.05, 3.63) is 28.2 Å². The third-order valence-electron chi connectivity index (χ3n) is 3.60. The van der Waals surface area contributed by atoms with Crippen molar-refractivity contribution in [1.29, 1.82) is 0 Å². The summed E-state index contributed by atoms with van der Waals surface area (Å²) in [5.74, 6) is 0.349. The molecule has 20 heavy (non-hydrogen) atoms. The number of carbonyl (C=O) groups excluding carboxylic acids is 1. The van der Waals surface area contributed by atoms with Gasteiger partial charge in [-0.15, -0.1) is 0 Å². The van der Waals surface area contributed by atoms with Gasteiger partial charge in [-0.3, -0.25) is 14.6 Å². The van der Waals surface area contributed by atoms with Crippen LogP contribution in [0.4, 0.5) is 5.69 Å². The van der Waals surface area contributed by atoms with Crippen LogP contribution in [0.2, 0.25) is 10.0 Å². The summed E-state index contributed by atoms with van der Waals surface area (Å²) in [6, 6.07) is 5.38. The Morgan fingerprint density at radius 2 is 1.95 bits per heavy atom. The van der Waals surface area contributed by atoms with Crippen LogP contribution in [0.25, 0.3) is 0 Å². The minimum Gasteiger partial charge on any atom is -0.296 e. The summed E-state index contributed by atoms with van der Waals surface area (Å²) in [6.45, 7) is 2.08. The summed E-state index contributed by atoms with van der Waals surface area (Å²) in [5.41, 5.74) is 0.817. The van der Waals surface area contributed by atoms with Gasteiger partial charge < -0.3 is 0 Å². The highest BCUT2D eigenvalue weighted by molar-refractivity contribution is 6.42. The lowest BCUT2D eigenvalue weighted by atomic mass is 10.2. The van der Waals surface area contributed by atoms with Gasteiger partial charge in [0.1, 0.15) is 0 Å². The van der Waals surface area contributed by atoms with Gasteiger partial charge in [-0.05, 0) is 51.6 Å². The van der Waals surface area contributed by atoms with Crippen molar-refractivity contribution in [1.82, 2.24) is 4.90 Å². The zero-order chi connectivity index (χ0) is 14.9. The van der Waals surface area contributed by atoms with Crippen LogP contribution in [-0.4, -0.2) is 31.1 Å². The maximum Gasteiger partial charge on any atom is 0.231 e. The molecule has 3 nitrogen and oxygen atoms in total. The molecule has 1 aromatic rings. The molecule has 1 amide bonds. The fourth-order valence-corrected chi connectivity index (χ4v) is 2.68. The Morgan fingerprint density at radius 1 is 1.30 bits per heavy atom. The van der Waals surface area contributed by atoms with Gasteiger partial charge in [0.05, 0.1) is 16.2 Å². The van der Waals surface area contributed by atoms with E-state index in [1.807, 2.05) is 25.1 Å². The second-order valence-corrected chi connectivity index (χ2v) is 6.25. The molecule has 0 aliphatic heterocycles. The summed E-state index contributed by atoms with van der Waals surface area (Å²) >= 11 is 12.1. The monoisotopic (exact) mass is 314 g/mol. The molecule has 1 saturated carbocycles. The Morgan fingerprint density at radius 3 is 2.40 bits per heavy atom. The van der Waals surface area contributed by atoms with Crippen molar-refractivity contribution in [2.45, 2.75) is 32.4 Å². The third kappa shape index (κ3) is 3.27. The Labute approximate surface area is 130 Å². The van der Waals surface area contributed by atoms with Crippen LogP contribution < -0.4 is 4.90 Å². The highest BCUT2D eigenvalue weighted by atomic mass is 35.5. The lowest BCUT2D eigenvalue weighted by Crippen LogP contribution is -2.48. The molecule has 0 N–H and O–H groups in total. The van der Waals surface area contributed by atoms with Crippen LogP contribution >= 0.6 is 23.2 Å². The molecule has 0 saturated heterocycles. The quantitative estimate of drug-likeness (QED) is 0.766. The van der Waals surface area contributed by atoms with Crippen molar-refractivity contribution in [2.75, 3.05) is 19.0 Å². The number of rotatable bonds is 5. The average molecular weight is 315 g/mol. The maximum absolute atomic E-state index is 12.6. The molecular formula is C15H20Cl2N2O. The molecular weight excluding hydrogens is 295 g/mol. The normalized spacial score (nSPS) is 16.3. The third-order valence-corrected chi connectivity index (χ3v) is 4.34. The molecule has 5 heteroatoms. The predicted octanol–water partition coefficient (Wildman–Crippen LogP) is 4.03. The molecule has 1 fully saturated rings. The van der Waals surface area contributed by atoms with Crippen LogP contribution in [0.15, 0.2) is 18.2 Å². The Hall–Kier alpha value is -0.770. The molecule has 2 rings (SSSR count). The van der Waals surface area contributed by atoms with Gasteiger partial charge in [-0.25, -0.2) is 0 Å². The standard InChI is InChI=1S/C15H20Cl2N2O/c1-4-14(18(2)3)19(15(20)10-5-6-10)11-7-8-12(16)13(17)9-11/h7-10,14H,4-6H2,1-3H3. The molecule has 110 valence electrons. The van der Waals surface area contributed by atoms with E-state index in [0.717, 1.165) is 24.9 Å². The van der Waals surface area contributed by atoms with Gasteiger partial charge >= 0.3 is 0 Å². The number of anilines is 1. The number of nitrogens with zero attached hydrogens (tertiary/aromatic N) is 2. The van der Waals surface area contributed by atoms with Gasteiger partial charge in [0.2, 0.25) is 5.91 Å². The molecule has 1 aliphatic rings. The maximum atomic E-state index is 12.6. The van der Waals surface area contributed by atoms with Gasteiger partial charge in [0.25, 0.3) is 0 Å². The van der Waals surface area contributed by atoms with E-state index in [4.69, 9.17) is 23.2 Å². The fourth-order valence-electron chi connectivity index (χ4n) is 2.39. The SMILES string of the molecule is CCC(N(C)C)N(C(=O)C1CC1)c1ccc(Cl)c(Cl)c1. The molecule has 1 atom stereocenters. The van der Waals surface area contributed by atoms with E-state index in [9.17, 15) is 4.79 Å². The van der Waals surface area contributed by atoms with Gasteiger partial charge in [0.15, 0.2) is 0 Å². The Bertz CT molecular complexity index is 501. The number of benzene rings is 1. The highest BCUT2D eigenvalue weighted by Gasteiger charge is 2.37. The second kappa shape index (κ2) is 6.33. The van der Waals surface area contributed by atoms with Crippen molar-refractivity contribution in [3.63, 3.8) is 0 Å². The summed E-state index contributed by atoms with van der Waals surface area (Å²) in [7, 11) is 3.97. The lowest BCUT2D eigenvalue weighted by molar-refractivity contribution is -0.121. The number of hydrogen-bond donors (Lipinski definition) is 0. The van der Waals surface area contributed by atoms with E-state index in [0.29, 0.717) is 10.0 Å². The van der Waals surface area contributed by atoms with Crippen LogP contribution in [0.1, 0.15) is 26.2 Å². The molecule has 0 spiro atoms. The topological polar surface area (TPSA) is 23.6 Å². The first-order valence-corrected chi connectivity index (χ1v) is 7.65. The molecule has 1 aromatic carbocycles. The van der Waals surface area contributed by atoms with Crippen LogP contribution in [-0.2, 0) is 4.79 Å². The number of hydrogen-bond acceptors (Lipinski definition) is 2. The minimum atomic E-state index is 0.0281. The molecule has 0 radical (unpaired) electrons. The van der Waals surface area contributed by atoms with Gasteiger partial charge in [0, 0.05) is 11.6 Å². The number of carbonyl (C=O) groups is 1. The summed E-state index contributed by atoms with van der Waals surface area (Å²) < 4.78 is 0. The molecule has 1 aliphatic carbocycles.